The molecule has 0 aliphatic heterocycles. The summed E-state index contributed by atoms with van der Waals surface area (Å²) in [7, 11) is 0. The van der Waals surface area contributed by atoms with Crippen LogP contribution in [0.3, 0.4) is 0 Å². The molecule has 2 rings (SSSR count). The molecule has 1 heterocycles. The Balaban J connectivity index is 2.22. The van der Waals surface area contributed by atoms with Crippen LogP contribution in [0.15, 0.2) is 24.3 Å². The minimum Gasteiger partial charge on any atom is -0.375 e. The smallest absolute Gasteiger partial charge is 0.375 e. The topological polar surface area (TPSA) is 68.0 Å². The molecule has 106 valence electrons. The lowest BCUT2D eigenvalue weighted by Crippen LogP contribution is -2.13. The lowest BCUT2D eigenvalue weighted by molar-refractivity contribution is -0.137. The molecule has 0 aliphatic rings. The summed E-state index contributed by atoms with van der Waals surface area (Å²) in [5.74, 6) is -0.531. The average molecular weight is 301 g/mol. The van der Waals surface area contributed by atoms with Crippen molar-refractivity contribution in [3.8, 4) is 0 Å². The Morgan fingerprint density at radius 2 is 2.10 bits per heavy atom. The van der Waals surface area contributed by atoms with Crippen LogP contribution < -0.4 is 11.1 Å². The highest BCUT2D eigenvalue weighted by atomic mass is 32.1. The summed E-state index contributed by atoms with van der Waals surface area (Å²) >= 11 is 0.984. The molecule has 0 bridgehead atoms. The molecule has 8 heteroatoms. The second-order valence-electron chi connectivity index (χ2n) is 4.00. The van der Waals surface area contributed by atoms with Gasteiger partial charge in [-0.3, -0.25) is 4.79 Å². The van der Waals surface area contributed by atoms with Crippen molar-refractivity contribution in [1.82, 2.24) is 4.98 Å². The zero-order valence-corrected chi connectivity index (χ0v) is 11.1. The van der Waals surface area contributed by atoms with E-state index in [-0.39, 0.29) is 15.7 Å². The van der Waals surface area contributed by atoms with Crippen LogP contribution in [0, 0.1) is 6.92 Å². The summed E-state index contributed by atoms with van der Waals surface area (Å²) in [5, 5.41) is 2.63. The van der Waals surface area contributed by atoms with Crippen LogP contribution in [0.2, 0.25) is 0 Å². The predicted octanol–water partition coefficient (Wildman–Crippen LogP) is 3.30. The molecule has 1 aromatic carbocycles. The first-order valence-electron chi connectivity index (χ1n) is 5.49. The van der Waals surface area contributed by atoms with Gasteiger partial charge in [0.2, 0.25) is 0 Å². The van der Waals surface area contributed by atoms with Gasteiger partial charge in [-0.25, -0.2) is 4.98 Å². The van der Waals surface area contributed by atoms with Crippen molar-refractivity contribution in [3.05, 3.63) is 40.4 Å². The molecule has 20 heavy (non-hydrogen) atoms. The van der Waals surface area contributed by atoms with Crippen molar-refractivity contribution >= 4 is 28.1 Å². The molecule has 0 atom stereocenters. The number of halogens is 3. The first kappa shape index (κ1) is 14.3. The summed E-state index contributed by atoms with van der Waals surface area (Å²) in [6.45, 7) is 1.61. The average Bonchev–Trinajstić information content (AvgIpc) is 2.68. The largest absolute Gasteiger partial charge is 0.416 e. The van der Waals surface area contributed by atoms with E-state index in [0.717, 1.165) is 23.5 Å². The molecule has 0 spiro atoms. The normalized spacial score (nSPS) is 11.4. The van der Waals surface area contributed by atoms with Crippen LogP contribution in [0.25, 0.3) is 0 Å². The van der Waals surface area contributed by atoms with Crippen LogP contribution in [-0.2, 0) is 6.18 Å². The van der Waals surface area contributed by atoms with Crippen molar-refractivity contribution in [1.29, 1.82) is 0 Å². The van der Waals surface area contributed by atoms with Gasteiger partial charge in [-0.1, -0.05) is 17.4 Å². The zero-order chi connectivity index (χ0) is 14.9. The highest BCUT2D eigenvalue weighted by Gasteiger charge is 2.30. The number of nitrogens with zero attached hydrogens (tertiary/aromatic N) is 1. The lowest BCUT2D eigenvalue weighted by Gasteiger charge is -2.09. The SMILES string of the molecule is Cc1nc(N)sc1C(=O)Nc1cccc(C(F)(F)F)c1. The van der Waals surface area contributed by atoms with Gasteiger partial charge in [0.25, 0.3) is 5.91 Å². The monoisotopic (exact) mass is 301 g/mol. The molecule has 0 unspecified atom stereocenters. The van der Waals surface area contributed by atoms with E-state index in [1.165, 1.54) is 12.1 Å². The Hall–Kier alpha value is -2.09. The summed E-state index contributed by atoms with van der Waals surface area (Å²) < 4.78 is 37.7. The van der Waals surface area contributed by atoms with Gasteiger partial charge in [0, 0.05) is 5.69 Å². The number of aryl methyl sites for hydroxylation is 1. The molecular formula is C12H10F3N3OS. The number of rotatable bonds is 2. The molecule has 0 saturated carbocycles. The predicted molar refractivity (Wildman–Crippen MR) is 70.7 cm³/mol. The van der Waals surface area contributed by atoms with Gasteiger partial charge in [0.15, 0.2) is 5.13 Å². The maximum absolute atomic E-state index is 12.6. The Morgan fingerprint density at radius 1 is 1.40 bits per heavy atom. The van der Waals surface area contributed by atoms with E-state index in [9.17, 15) is 18.0 Å². The Morgan fingerprint density at radius 3 is 2.65 bits per heavy atom. The summed E-state index contributed by atoms with van der Waals surface area (Å²) in [4.78, 5) is 16.1. The minimum atomic E-state index is -4.45. The van der Waals surface area contributed by atoms with Crippen molar-refractivity contribution < 1.29 is 18.0 Å². The van der Waals surface area contributed by atoms with Gasteiger partial charge in [-0.05, 0) is 25.1 Å². The molecule has 1 amide bonds. The number of hydrogen-bond acceptors (Lipinski definition) is 4. The quantitative estimate of drug-likeness (QED) is 0.894. The fourth-order valence-electron chi connectivity index (χ4n) is 1.59. The molecule has 0 aliphatic carbocycles. The Labute approximate surface area is 116 Å². The van der Waals surface area contributed by atoms with Gasteiger partial charge in [0.05, 0.1) is 11.3 Å². The number of anilines is 2. The summed E-state index contributed by atoms with van der Waals surface area (Å²) in [5.41, 5.74) is 5.15. The fourth-order valence-corrected chi connectivity index (χ4v) is 2.32. The molecule has 0 radical (unpaired) electrons. The van der Waals surface area contributed by atoms with Gasteiger partial charge < -0.3 is 11.1 Å². The van der Waals surface area contributed by atoms with Crippen molar-refractivity contribution in [2.75, 3.05) is 11.1 Å². The second kappa shape index (κ2) is 5.12. The van der Waals surface area contributed by atoms with E-state index in [1.54, 1.807) is 6.92 Å². The molecule has 0 saturated heterocycles. The summed E-state index contributed by atoms with van der Waals surface area (Å²) in [6.07, 6.45) is -4.45. The van der Waals surface area contributed by atoms with Crippen molar-refractivity contribution in [2.24, 2.45) is 0 Å². The van der Waals surface area contributed by atoms with Crippen LogP contribution in [0.5, 0.6) is 0 Å². The molecule has 4 nitrogen and oxygen atoms in total. The van der Waals surface area contributed by atoms with Crippen LogP contribution in [0.1, 0.15) is 20.9 Å². The lowest BCUT2D eigenvalue weighted by atomic mass is 10.2. The number of nitrogen functional groups attached to an aromatic ring is 1. The number of alkyl halides is 3. The van der Waals surface area contributed by atoms with E-state index >= 15 is 0 Å². The van der Waals surface area contributed by atoms with E-state index in [0.29, 0.717) is 5.69 Å². The highest BCUT2D eigenvalue weighted by molar-refractivity contribution is 7.17. The minimum absolute atomic E-state index is 0.0659. The molecule has 1 aromatic heterocycles. The summed E-state index contributed by atoms with van der Waals surface area (Å²) in [6, 6.07) is 4.42. The number of amides is 1. The number of thiazole rings is 1. The number of benzene rings is 1. The number of carbonyl (C=O) groups is 1. The Bertz CT molecular complexity index is 652. The molecular weight excluding hydrogens is 291 g/mol. The number of aromatic nitrogens is 1. The third-order valence-electron chi connectivity index (χ3n) is 2.47. The maximum atomic E-state index is 12.6. The molecule has 0 fully saturated rings. The molecule has 3 N–H and O–H groups in total. The van der Waals surface area contributed by atoms with Crippen molar-refractivity contribution in [2.45, 2.75) is 13.1 Å². The van der Waals surface area contributed by atoms with E-state index in [2.05, 4.69) is 10.3 Å². The number of nitrogens with one attached hydrogen (secondary N) is 1. The number of hydrogen-bond donors (Lipinski definition) is 2. The van der Waals surface area contributed by atoms with Crippen LogP contribution >= 0.6 is 11.3 Å². The maximum Gasteiger partial charge on any atom is 0.416 e. The van der Waals surface area contributed by atoms with E-state index in [1.807, 2.05) is 0 Å². The highest BCUT2D eigenvalue weighted by Crippen LogP contribution is 2.31. The van der Waals surface area contributed by atoms with E-state index < -0.39 is 17.6 Å². The van der Waals surface area contributed by atoms with E-state index in [4.69, 9.17) is 5.73 Å². The standard InChI is InChI=1S/C12H10F3N3OS/c1-6-9(20-11(16)17-6)10(19)18-8-4-2-3-7(5-8)12(13,14)15/h2-5H,1H3,(H2,16,17)(H,18,19). The number of carbonyl (C=O) groups excluding carboxylic acids is 1. The third kappa shape index (κ3) is 3.08. The Kier molecular flexibility index (Phi) is 3.67. The fraction of sp³-hybridized carbons (Fsp3) is 0.167. The first-order chi connectivity index (χ1) is 9.27. The molecule has 2 aromatic rings. The van der Waals surface area contributed by atoms with Crippen LogP contribution in [-0.4, -0.2) is 10.9 Å². The van der Waals surface area contributed by atoms with Crippen molar-refractivity contribution in [3.63, 3.8) is 0 Å². The van der Waals surface area contributed by atoms with Gasteiger partial charge in [-0.2, -0.15) is 13.2 Å². The van der Waals surface area contributed by atoms with Gasteiger partial charge in [0.1, 0.15) is 4.88 Å². The van der Waals surface area contributed by atoms with Crippen LogP contribution in [0.4, 0.5) is 24.0 Å². The first-order valence-corrected chi connectivity index (χ1v) is 6.30. The second-order valence-corrected chi connectivity index (χ2v) is 5.03. The third-order valence-corrected chi connectivity index (χ3v) is 3.45. The van der Waals surface area contributed by atoms with Gasteiger partial charge in [-0.15, -0.1) is 0 Å². The number of nitrogens with two attached hydrogens (primary N) is 1. The zero-order valence-electron chi connectivity index (χ0n) is 10.3. The van der Waals surface area contributed by atoms with Gasteiger partial charge >= 0.3 is 6.18 Å².